The van der Waals surface area contributed by atoms with Gasteiger partial charge in [0.1, 0.15) is 0 Å². The molecular weight excluding hydrogens is 136 g/mol. The summed E-state index contributed by atoms with van der Waals surface area (Å²) in [6.07, 6.45) is 6.22. The van der Waals surface area contributed by atoms with Gasteiger partial charge in [-0.3, -0.25) is 4.79 Å². The van der Waals surface area contributed by atoms with Crippen LogP contribution >= 0.6 is 0 Å². The number of carbonyl (C=O) groups is 1. The van der Waals surface area contributed by atoms with Crippen LogP contribution in [0.25, 0.3) is 0 Å². The first-order chi connectivity index (χ1) is 5.24. The molecule has 0 heterocycles. The lowest BCUT2D eigenvalue weighted by atomic mass is 10.1. The van der Waals surface area contributed by atoms with E-state index in [4.69, 9.17) is 0 Å². The van der Waals surface area contributed by atoms with Gasteiger partial charge >= 0.3 is 0 Å². The molecule has 11 heavy (non-hydrogen) atoms. The lowest BCUT2D eigenvalue weighted by molar-refractivity contribution is -0.115. The number of hydrogen-bond donors (Lipinski definition) is 0. The minimum atomic E-state index is 0.381. The van der Waals surface area contributed by atoms with Crippen LogP contribution in [0, 0.1) is 5.92 Å². The van der Waals surface area contributed by atoms with Gasteiger partial charge in [0.25, 0.3) is 0 Å². The van der Waals surface area contributed by atoms with E-state index in [0.717, 1.165) is 24.8 Å². The van der Waals surface area contributed by atoms with Gasteiger partial charge in [-0.25, -0.2) is 0 Å². The van der Waals surface area contributed by atoms with Gasteiger partial charge in [0, 0.05) is 6.42 Å². The van der Waals surface area contributed by atoms with Crippen LogP contribution in [0.15, 0.2) is 11.6 Å². The smallest absolute Gasteiger partial charge is 0.159 e. The van der Waals surface area contributed by atoms with Crippen molar-refractivity contribution in [2.24, 2.45) is 5.92 Å². The van der Waals surface area contributed by atoms with Crippen molar-refractivity contribution in [3.8, 4) is 0 Å². The quantitative estimate of drug-likeness (QED) is 0.607. The van der Waals surface area contributed by atoms with Gasteiger partial charge in [-0.2, -0.15) is 0 Å². The van der Waals surface area contributed by atoms with E-state index in [-0.39, 0.29) is 0 Å². The van der Waals surface area contributed by atoms with Gasteiger partial charge in [0.15, 0.2) is 5.78 Å². The Kier molecular flexibility index (Phi) is 2.86. The number of unbranched alkanes of at least 4 members (excludes halogenated alkanes) is 1. The Balaban J connectivity index is 2.43. The average molecular weight is 152 g/mol. The third-order valence-electron chi connectivity index (χ3n) is 2.15. The molecule has 0 aliphatic heterocycles. The molecule has 0 bridgehead atoms. The van der Waals surface area contributed by atoms with E-state index in [2.05, 4.69) is 19.9 Å². The predicted octanol–water partition coefficient (Wildman–Crippen LogP) is 2.71. The van der Waals surface area contributed by atoms with E-state index in [1.54, 1.807) is 0 Å². The number of Topliss-reactive ketones (excluding diaryl/α,β-unsaturated/α-hetero) is 1. The van der Waals surface area contributed by atoms with Crippen molar-refractivity contribution in [3.05, 3.63) is 11.6 Å². The van der Waals surface area contributed by atoms with Crippen LogP contribution in [-0.2, 0) is 4.79 Å². The summed E-state index contributed by atoms with van der Waals surface area (Å²) in [4.78, 5) is 11.2. The highest BCUT2D eigenvalue weighted by molar-refractivity contribution is 5.97. The number of rotatable bonds is 3. The van der Waals surface area contributed by atoms with Crippen LogP contribution in [0.4, 0.5) is 0 Å². The molecule has 0 saturated heterocycles. The Morgan fingerprint density at radius 2 is 2.36 bits per heavy atom. The van der Waals surface area contributed by atoms with Gasteiger partial charge in [-0.05, 0) is 24.3 Å². The maximum atomic E-state index is 11.2. The predicted molar refractivity (Wildman–Crippen MR) is 46.4 cm³/mol. The first kappa shape index (κ1) is 8.51. The zero-order valence-corrected chi connectivity index (χ0v) is 7.39. The molecule has 0 aromatic carbocycles. The van der Waals surface area contributed by atoms with E-state index in [9.17, 15) is 4.79 Å². The number of hydrogen-bond acceptors (Lipinski definition) is 1. The number of carbonyl (C=O) groups excluding carboxylic acids is 1. The van der Waals surface area contributed by atoms with Crippen molar-refractivity contribution in [1.29, 1.82) is 0 Å². The molecule has 1 nitrogen and oxygen atoms in total. The maximum Gasteiger partial charge on any atom is 0.159 e. The van der Waals surface area contributed by atoms with Gasteiger partial charge in [-0.15, -0.1) is 0 Å². The third-order valence-corrected chi connectivity index (χ3v) is 2.15. The first-order valence-electron chi connectivity index (χ1n) is 4.48. The third kappa shape index (κ3) is 2.18. The largest absolute Gasteiger partial charge is 0.295 e. The molecular formula is C10H16O. The zero-order chi connectivity index (χ0) is 8.27. The van der Waals surface area contributed by atoms with Crippen LogP contribution < -0.4 is 0 Å². The lowest BCUT2D eigenvalue weighted by Gasteiger charge is -1.96. The fourth-order valence-corrected chi connectivity index (χ4v) is 1.51. The molecule has 62 valence electrons. The normalized spacial score (nSPS) is 24.0. The number of ketones is 1. The molecule has 0 N–H and O–H groups in total. The van der Waals surface area contributed by atoms with E-state index < -0.39 is 0 Å². The van der Waals surface area contributed by atoms with Gasteiger partial charge < -0.3 is 0 Å². The second kappa shape index (κ2) is 3.70. The van der Waals surface area contributed by atoms with E-state index >= 15 is 0 Å². The Morgan fingerprint density at radius 1 is 1.64 bits per heavy atom. The summed E-state index contributed by atoms with van der Waals surface area (Å²) in [5, 5.41) is 0. The van der Waals surface area contributed by atoms with E-state index in [1.165, 1.54) is 6.42 Å². The van der Waals surface area contributed by atoms with Gasteiger partial charge in [0.2, 0.25) is 0 Å². The summed E-state index contributed by atoms with van der Waals surface area (Å²) in [7, 11) is 0. The fraction of sp³-hybridized carbons (Fsp3) is 0.700. The second-order valence-corrected chi connectivity index (χ2v) is 3.40. The highest BCUT2D eigenvalue weighted by Gasteiger charge is 2.19. The highest BCUT2D eigenvalue weighted by atomic mass is 16.1. The van der Waals surface area contributed by atoms with Crippen LogP contribution in [0.1, 0.15) is 39.5 Å². The molecule has 0 saturated carbocycles. The monoisotopic (exact) mass is 152 g/mol. The summed E-state index contributed by atoms with van der Waals surface area (Å²) in [6.45, 7) is 4.26. The van der Waals surface area contributed by atoms with E-state index in [1.807, 2.05) is 0 Å². The van der Waals surface area contributed by atoms with Crippen molar-refractivity contribution in [1.82, 2.24) is 0 Å². The Hall–Kier alpha value is -0.590. The molecule has 1 unspecified atom stereocenters. The Labute approximate surface area is 68.5 Å². The van der Waals surface area contributed by atoms with Gasteiger partial charge in [0.05, 0.1) is 0 Å². The van der Waals surface area contributed by atoms with Gasteiger partial charge in [-0.1, -0.05) is 26.3 Å². The minimum Gasteiger partial charge on any atom is -0.295 e. The summed E-state index contributed by atoms with van der Waals surface area (Å²) in [5.41, 5.74) is 1.08. The SMILES string of the molecule is CCCCC1=CC(C)CC1=O. The molecule has 1 atom stereocenters. The fourth-order valence-electron chi connectivity index (χ4n) is 1.51. The zero-order valence-electron chi connectivity index (χ0n) is 7.39. The molecule has 0 spiro atoms. The van der Waals surface area contributed by atoms with Crippen LogP contribution in [0.3, 0.4) is 0 Å². The molecule has 1 heteroatoms. The number of allylic oxidation sites excluding steroid dienone is 2. The molecule has 0 aromatic rings. The Bertz CT molecular complexity index is 179. The lowest BCUT2D eigenvalue weighted by Crippen LogP contribution is -1.96. The second-order valence-electron chi connectivity index (χ2n) is 3.40. The van der Waals surface area contributed by atoms with E-state index in [0.29, 0.717) is 11.7 Å². The van der Waals surface area contributed by atoms with Crippen molar-refractivity contribution >= 4 is 5.78 Å². The maximum absolute atomic E-state index is 11.2. The molecule has 1 aliphatic carbocycles. The van der Waals surface area contributed by atoms with Crippen LogP contribution in [0.2, 0.25) is 0 Å². The van der Waals surface area contributed by atoms with Crippen molar-refractivity contribution in [3.63, 3.8) is 0 Å². The minimum absolute atomic E-state index is 0.381. The summed E-state index contributed by atoms with van der Waals surface area (Å²) < 4.78 is 0. The standard InChI is InChI=1S/C10H16O/c1-3-4-5-9-6-8(2)7-10(9)11/h6,8H,3-5,7H2,1-2H3. The highest BCUT2D eigenvalue weighted by Crippen LogP contribution is 2.23. The molecule has 1 rings (SSSR count). The summed E-state index contributed by atoms with van der Waals surface area (Å²) in [6, 6.07) is 0. The summed E-state index contributed by atoms with van der Waals surface area (Å²) >= 11 is 0. The van der Waals surface area contributed by atoms with Crippen LogP contribution in [0.5, 0.6) is 0 Å². The molecule has 0 fully saturated rings. The molecule has 1 aliphatic rings. The van der Waals surface area contributed by atoms with Crippen molar-refractivity contribution < 1.29 is 4.79 Å². The van der Waals surface area contributed by atoms with Crippen molar-refractivity contribution in [2.75, 3.05) is 0 Å². The van der Waals surface area contributed by atoms with Crippen LogP contribution in [-0.4, -0.2) is 5.78 Å². The molecule has 0 aromatic heterocycles. The molecule has 0 radical (unpaired) electrons. The Morgan fingerprint density at radius 3 is 2.82 bits per heavy atom. The topological polar surface area (TPSA) is 17.1 Å². The molecule has 0 amide bonds. The first-order valence-corrected chi connectivity index (χ1v) is 4.48. The average Bonchev–Trinajstić information content (AvgIpc) is 2.26. The van der Waals surface area contributed by atoms with Crippen molar-refractivity contribution in [2.45, 2.75) is 39.5 Å². The summed E-state index contributed by atoms with van der Waals surface area (Å²) in [5.74, 6) is 0.875.